The van der Waals surface area contributed by atoms with Gasteiger partial charge in [0.1, 0.15) is 6.29 Å². The summed E-state index contributed by atoms with van der Waals surface area (Å²) in [6.07, 6.45) is 1.75. The molecule has 2 heteroatoms. The van der Waals surface area contributed by atoms with E-state index in [1.54, 1.807) is 0 Å². The molecule has 78 valence electrons. The first kappa shape index (κ1) is 9.61. The molecule has 0 heterocycles. The highest BCUT2D eigenvalue weighted by atomic mass is 35.5. The lowest BCUT2D eigenvalue weighted by Gasteiger charge is -2.01. The first-order valence-electron chi connectivity index (χ1n) is 5.15. The first-order chi connectivity index (χ1) is 7.78. The molecule has 0 atom stereocenters. The van der Waals surface area contributed by atoms with Crippen LogP contribution in [0, 0.1) is 0 Å². The molecule has 1 nitrogen and oxygen atoms in total. The number of carbonyl (C=O) groups is 1. The minimum Gasteiger partial charge on any atom is -0.298 e. The van der Waals surface area contributed by atoms with Crippen molar-refractivity contribution in [2.45, 2.75) is 6.42 Å². The van der Waals surface area contributed by atoms with Crippen LogP contribution in [0.5, 0.6) is 0 Å². The number of rotatable bonds is 1. The van der Waals surface area contributed by atoms with Crippen LogP contribution in [-0.4, -0.2) is 6.29 Å². The van der Waals surface area contributed by atoms with Crippen molar-refractivity contribution < 1.29 is 4.79 Å². The average molecular weight is 229 g/mol. The van der Waals surface area contributed by atoms with Crippen molar-refractivity contribution >= 4 is 17.9 Å². The summed E-state index contributed by atoms with van der Waals surface area (Å²) in [6.45, 7) is 0. The van der Waals surface area contributed by atoms with E-state index in [2.05, 4.69) is 0 Å². The molecule has 0 radical (unpaired) electrons. The van der Waals surface area contributed by atoms with E-state index in [0.717, 1.165) is 23.3 Å². The quantitative estimate of drug-likeness (QED) is 0.580. The van der Waals surface area contributed by atoms with Crippen molar-refractivity contribution in [1.29, 1.82) is 0 Å². The molecular formula is C14H9ClO. The first-order valence-corrected chi connectivity index (χ1v) is 5.52. The zero-order chi connectivity index (χ0) is 11.1. The van der Waals surface area contributed by atoms with Crippen LogP contribution in [0.1, 0.15) is 21.5 Å². The zero-order valence-corrected chi connectivity index (χ0v) is 9.29. The largest absolute Gasteiger partial charge is 0.298 e. The zero-order valence-electron chi connectivity index (χ0n) is 8.53. The second-order valence-corrected chi connectivity index (χ2v) is 4.45. The van der Waals surface area contributed by atoms with Crippen LogP contribution in [0.3, 0.4) is 0 Å². The summed E-state index contributed by atoms with van der Waals surface area (Å²) in [7, 11) is 0. The molecule has 3 rings (SSSR count). The van der Waals surface area contributed by atoms with Gasteiger partial charge >= 0.3 is 0 Å². The van der Waals surface area contributed by atoms with E-state index in [4.69, 9.17) is 11.6 Å². The summed E-state index contributed by atoms with van der Waals surface area (Å²) in [5.41, 5.74) is 5.64. The Hall–Kier alpha value is -1.60. The fraction of sp³-hybridized carbons (Fsp3) is 0.0714. The number of fused-ring (bicyclic) bond motifs is 3. The van der Waals surface area contributed by atoms with E-state index in [1.165, 1.54) is 22.3 Å². The molecule has 0 N–H and O–H groups in total. The van der Waals surface area contributed by atoms with Crippen LogP contribution in [0.25, 0.3) is 11.1 Å². The minimum absolute atomic E-state index is 0.734. The van der Waals surface area contributed by atoms with Crippen LogP contribution in [-0.2, 0) is 6.42 Å². The van der Waals surface area contributed by atoms with Crippen LogP contribution in [0.4, 0.5) is 0 Å². The molecule has 16 heavy (non-hydrogen) atoms. The minimum atomic E-state index is 0.734. The van der Waals surface area contributed by atoms with Crippen molar-refractivity contribution in [3.8, 4) is 11.1 Å². The van der Waals surface area contributed by atoms with Gasteiger partial charge < -0.3 is 0 Å². The molecule has 0 spiro atoms. The fourth-order valence-corrected chi connectivity index (χ4v) is 2.47. The van der Waals surface area contributed by atoms with Crippen molar-refractivity contribution in [3.63, 3.8) is 0 Å². The normalized spacial score (nSPS) is 12.1. The van der Waals surface area contributed by atoms with Gasteiger partial charge in [0.25, 0.3) is 0 Å². The van der Waals surface area contributed by atoms with Gasteiger partial charge in [0, 0.05) is 10.6 Å². The molecule has 0 bridgehead atoms. The van der Waals surface area contributed by atoms with E-state index in [-0.39, 0.29) is 0 Å². The molecule has 0 aromatic heterocycles. The predicted molar refractivity (Wildman–Crippen MR) is 65.1 cm³/mol. The average Bonchev–Trinajstić information content (AvgIpc) is 2.64. The summed E-state index contributed by atoms with van der Waals surface area (Å²) in [5, 5.41) is 0.766. The third-order valence-corrected chi connectivity index (χ3v) is 3.24. The van der Waals surface area contributed by atoms with Crippen LogP contribution in [0.2, 0.25) is 5.02 Å². The number of hydrogen-bond acceptors (Lipinski definition) is 1. The molecule has 0 unspecified atom stereocenters. The van der Waals surface area contributed by atoms with Gasteiger partial charge in [-0.2, -0.15) is 0 Å². The Balaban J connectivity index is 2.19. The summed E-state index contributed by atoms with van der Waals surface area (Å²) >= 11 is 5.97. The van der Waals surface area contributed by atoms with E-state index in [1.807, 2.05) is 36.4 Å². The van der Waals surface area contributed by atoms with E-state index in [9.17, 15) is 4.79 Å². The fourth-order valence-electron chi connectivity index (χ4n) is 2.27. The third kappa shape index (κ3) is 1.36. The SMILES string of the molecule is O=Cc1ccc2c(c1)Cc1cc(Cl)ccc1-2. The van der Waals surface area contributed by atoms with Gasteiger partial charge in [0.05, 0.1) is 0 Å². The molecule has 1 aliphatic carbocycles. The van der Waals surface area contributed by atoms with Crippen molar-refractivity contribution in [2.75, 3.05) is 0 Å². The van der Waals surface area contributed by atoms with Gasteiger partial charge in [-0.1, -0.05) is 29.8 Å². The van der Waals surface area contributed by atoms with E-state index >= 15 is 0 Å². The van der Waals surface area contributed by atoms with Gasteiger partial charge in [-0.05, 0) is 46.9 Å². The lowest BCUT2D eigenvalue weighted by molar-refractivity contribution is 0.112. The monoisotopic (exact) mass is 228 g/mol. The molecule has 1 aliphatic rings. The van der Waals surface area contributed by atoms with Gasteiger partial charge in [-0.15, -0.1) is 0 Å². The molecule has 0 amide bonds. The summed E-state index contributed by atoms with van der Waals surface area (Å²) in [4.78, 5) is 10.7. The van der Waals surface area contributed by atoms with Crippen molar-refractivity contribution in [2.24, 2.45) is 0 Å². The lowest BCUT2D eigenvalue weighted by atomic mass is 10.0. The molecule has 0 fully saturated rings. The lowest BCUT2D eigenvalue weighted by Crippen LogP contribution is -1.84. The topological polar surface area (TPSA) is 17.1 Å². The van der Waals surface area contributed by atoms with Gasteiger partial charge in [-0.3, -0.25) is 4.79 Å². The molecule has 2 aromatic carbocycles. The Labute approximate surface area is 98.7 Å². The Morgan fingerprint density at radius 2 is 1.69 bits per heavy atom. The number of hydrogen-bond donors (Lipinski definition) is 0. The number of benzene rings is 2. The highest BCUT2D eigenvalue weighted by Crippen LogP contribution is 2.37. The highest BCUT2D eigenvalue weighted by Gasteiger charge is 2.18. The summed E-state index contributed by atoms with van der Waals surface area (Å²) < 4.78 is 0. The Morgan fingerprint density at radius 1 is 1.00 bits per heavy atom. The summed E-state index contributed by atoms with van der Waals surface area (Å²) in [5.74, 6) is 0. The van der Waals surface area contributed by atoms with E-state index in [0.29, 0.717) is 0 Å². The highest BCUT2D eigenvalue weighted by molar-refractivity contribution is 6.30. The van der Waals surface area contributed by atoms with Crippen molar-refractivity contribution in [1.82, 2.24) is 0 Å². The second-order valence-electron chi connectivity index (χ2n) is 4.01. The van der Waals surface area contributed by atoms with Gasteiger partial charge in [-0.25, -0.2) is 0 Å². The van der Waals surface area contributed by atoms with Crippen LogP contribution in [0.15, 0.2) is 36.4 Å². The summed E-state index contributed by atoms with van der Waals surface area (Å²) in [6, 6.07) is 11.8. The maximum atomic E-state index is 10.7. The predicted octanol–water partition coefficient (Wildman–Crippen LogP) is 3.72. The maximum Gasteiger partial charge on any atom is 0.150 e. The maximum absolute atomic E-state index is 10.7. The Bertz CT molecular complexity index is 587. The molecule has 0 aliphatic heterocycles. The Kier molecular flexibility index (Phi) is 2.08. The van der Waals surface area contributed by atoms with Crippen LogP contribution >= 0.6 is 11.6 Å². The molecule has 0 saturated heterocycles. The molecule has 2 aromatic rings. The van der Waals surface area contributed by atoms with Crippen LogP contribution < -0.4 is 0 Å². The smallest absolute Gasteiger partial charge is 0.150 e. The van der Waals surface area contributed by atoms with Gasteiger partial charge in [0.15, 0.2) is 0 Å². The number of carbonyl (C=O) groups excluding carboxylic acids is 1. The third-order valence-electron chi connectivity index (χ3n) is 3.00. The van der Waals surface area contributed by atoms with E-state index < -0.39 is 0 Å². The number of halogens is 1. The van der Waals surface area contributed by atoms with Gasteiger partial charge in [0.2, 0.25) is 0 Å². The number of aldehydes is 1. The molecule has 0 saturated carbocycles. The Morgan fingerprint density at radius 3 is 2.44 bits per heavy atom. The standard InChI is InChI=1S/C14H9ClO/c15-12-2-4-14-11(7-12)6-10-5-9(8-16)1-3-13(10)14/h1-5,7-8H,6H2. The molecular weight excluding hydrogens is 220 g/mol. The van der Waals surface area contributed by atoms with Crippen molar-refractivity contribution in [3.05, 3.63) is 58.1 Å². The second kappa shape index (κ2) is 3.46.